The normalized spacial score (nSPS) is 14.1. The van der Waals surface area contributed by atoms with Crippen LogP contribution in [0.3, 0.4) is 0 Å². The van der Waals surface area contributed by atoms with Crippen molar-refractivity contribution >= 4 is 17.3 Å². The van der Waals surface area contributed by atoms with Gasteiger partial charge in [0.2, 0.25) is 0 Å². The van der Waals surface area contributed by atoms with E-state index in [9.17, 15) is 4.79 Å². The van der Waals surface area contributed by atoms with E-state index in [1.54, 1.807) is 0 Å². The van der Waals surface area contributed by atoms with Gasteiger partial charge < -0.3 is 5.11 Å². The number of aromatic nitrogens is 1. The number of fused-ring (bicyclic) bond motifs is 1. The Hall–Kier alpha value is -1.68. The molecule has 0 spiro atoms. The van der Waals surface area contributed by atoms with Gasteiger partial charge in [0, 0.05) is 10.9 Å². The van der Waals surface area contributed by atoms with E-state index in [2.05, 4.69) is 23.2 Å². The van der Waals surface area contributed by atoms with Crippen LogP contribution < -0.4 is 0 Å². The van der Waals surface area contributed by atoms with E-state index in [0.29, 0.717) is 5.01 Å². The molecular weight excluding hydrogens is 258 g/mol. The van der Waals surface area contributed by atoms with Gasteiger partial charge in [-0.1, -0.05) is 12.1 Å². The van der Waals surface area contributed by atoms with Crippen LogP contribution in [0.5, 0.6) is 0 Å². The molecule has 0 aliphatic heterocycles. The highest BCUT2D eigenvalue weighted by Crippen LogP contribution is 2.28. The lowest BCUT2D eigenvalue weighted by atomic mass is 9.90. The summed E-state index contributed by atoms with van der Waals surface area (Å²) >= 11 is 1.42. The maximum atomic E-state index is 10.7. The van der Waals surface area contributed by atoms with Crippen LogP contribution in [0, 0.1) is 0 Å². The minimum absolute atomic E-state index is 0.00953. The third kappa shape index (κ3) is 2.68. The van der Waals surface area contributed by atoms with E-state index in [4.69, 9.17) is 5.11 Å². The minimum Gasteiger partial charge on any atom is -0.481 e. The summed E-state index contributed by atoms with van der Waals surface area (Å²) in [6, 6.07) is 6.51. The number of hydrogen-bond donors (Lipinski definition) is 1. The summed E-state index contributed by atoms with van der Waals surface area (Å²) in [4.78, 5) is 15.1. The van der Waals surface area contributed by atoms with Crippen LogP contribution in [0.25, 0.3) is 11.3 Å². The first-order valence-electron chi connectivity index (χ1n) is 6.51. The van der Waals surface area contributed by atoms with Crippen molar-refractivity contribution in [2.24, 2.45) is 0 Å². The molecular formula is C15H15NO2S. The number of aryl methyl sites for hydroxylation is 2. The second-order valence-corrected chi connectivity index (χ2v) is 5.83. The van der Waals surface area contributed by atoms with E-state index >= 15 is 0 Å². The number of aliphatic carboxylic acids is 1. The number of carbonyl (C=O) groups is 1. The van der Waals surface area contributed by atoms with Crippen molar-refractivity contribution in [2.45, 2.75) is 32.1 Å². The lowest BCUT2D eigenvalue weighted by Crippen LogP contribution is -2.02. The van der Waals surface area contributed by atoms with Crippen LogP contribution in [-0.4, -0.2) is 16.1 Å². The minimum atomic E-state index is -0.827. The highest BCUT2D eigenvalue weighted by molar-refractivity contribution is 7.10. The summed E-state index contributed by atoms with van der Waals surface area (Å²) in [5, 5.41) is 11.4. The third-order valence-corrected chi connectivity index (χ3v) is 4.35. The molecule has 1 aliphatic rings. The second-order valence-electron chi connectivity index (χ2n) is 4.89. The van der Waals surface area contributed by atoms with Crippen molar-refractivity contribution in [3.8, 4) is 11.3 Å². The summed E-state index contributed by atoms with van der Waals surface area (Å²) < 4.78 is 0. The summed E-state index contributed by atoms with van der Waals surface area (Å²) in [7, 11) is 0. The fraction of sp³-hybridized carbons (Fsp3) is 0.333. The Balaban J connectivity index is 1.89. The standard InChI is InChI=1S/C15H15NO2S/c17-15(18)8-14-16-13(9-19-14)12-6-5-10-3-1-2-4-11(10)7-12/h5-7,9H,1-4,8H2,(H,17,18). The molecule has 3 rings (SSSR count). The van der Waals surface area contributed by atoms with Gasteiger partial charge in [0.25, 0.3) is 0 Å². The molecule has 0 unspecified atom stereocenters. The Morgan fingerprint density at radius 2 is 2.05 bits per heavy atom. The first-order valence-corrected chi connectivity index (χ1v) is 7.39. The van der Waals surface area contributed by atoms with Crippen molar-refractivity contribution in [1.82, 2.24) is 4.98 Å². The van der Waals surface area contributed by atoms with Crippen LogP contribution >= 0.6 is 11.3 Å². The van der Waals surface area contributed by atoms with Gasteiger partial charge in [-0.05, 0) is 42.9 Å². The fourth-order valence-electron chi connectivity index (χ4n) is 2.55. The summed E-state index contributed by atoms with van der Waals surface area (Å²) in [5.74, 6) is -0.827. The van der Waals surface area contributed by atoms with Gasteiger partial charge in [0.15, 0.2) is 0 Å². The molecule has 1 aromatic carbocycles. The number of benzene rings is 1. The Labute approximate surface area is 115 Å². The molecule has 0 amide bonds. The zero-order valence-electron chi connectivity index (χ0n) is 10.6. The molecule has 0 radical (unpaired) electrons. The number of hydrogen-bond acceptors (Lipinski definition) is 3. The summed E-state index contributed by atoms with van der Waals surface area (Å²) in [6.45, 7) is 0. The van der Waals surface area contributed by atoms with Crippen LogP contribution in [0.2, 0.25) is 0 Å². The zero-order chi connectivity index (χ0) is 13.2. The average molecular weight is 273 g/mol. The predicted molar refractivity (Wildman–Crippen MR) is 75.5 cm³/mol. The van der Waals surface area contributed by atoms with Crippen molar-refractivity contribution in [1.29, 1.82) is 0 Å². The molecule has 1 aliphatic carbocycles. The summed E-state index contributed by atoms with van der Waals surface area (Å²) in [6.07, 6.45) is 4.88. The van der Waals surface area contributed by atoms with Crippen LogP contribution in [0.15, 0.2) is 23.6 Å². The van der Waals surface area contributed by atoms with Gasteiger partial charge in [-0.15, -0.1) is 11.3 Å². The third-order valence-electron chi connectivity index (χ3n) is 3.50. The molecule has 19 heavy (non-hydrogen) atoms. The lowest BCUT2D eigenvalue weighted by Gasteiger charge is -2.16. The highest BCUT2D eigenvalue weighted by Gasteiger charge is 2.12. The van der Waals surface area contributed by atoms with Crippen LogP contribution in [0.4, 0.5) is 0 Å². The molecule has 1 N–H and O–H groups in total. The first kappa shape index (κ1) is 12.4. The Kier molecular flexibility index (Phi) is 3.34. The first-order chi connectivity index (χ1) is 9.22. The average Bonchev–Trinajstić information content (AvgIpc) is 2.86. The number of carboxylic acid groups (broad SMARTS) is 1. The quantitative estimate of drug-likeness (QED) is 0.933. The van der Waals surface area contributed by atoms with Crippen molar-refractivity contribution in [3.63, 3.8) is 0 Å². The highest BCUT2D eigenvalue weighted by atomic mass is 32.1. The smallest absolute Gasteiger partial charge is 0.310 e. The molecule has 2 aromatic rings. The van der Waals surface area contributed by atoms with Crippen LogP contribution in [-0.2, 0) is 24.1 Å². The monoisotopic (exact) mass is 273 g/mol. The second kappa shape index (κ2) is 5.13. The zero-order valence-corrected chi connectivity index (χ0v) is 11.4. The van der Waals surface area contributed by atoms with Gasteiger partial charge in [-0.2, -0.15) is 0 Å². The summed E-state index contributed by atoms with van der Waals surface area (Å²) in [5.41, 5.74) is 4.88. The molecule has 0 saturated carbocycles. The van der Waals surface area contributed by atoms with Crippen LogP contribution in [0.1, 0.15) is 29.0 Å². The van der Waals surface area contributed by atoms with Crippen molar-refractivity contribution in [3.05, 3.63) is 39.7 Å². The van der Waals surface area contributed by atoms with Crippen molar-refractivity contribution in [2.75, 3.05) is 0 Å². The number of thiazole rings is 1. The Morgan fingerprint density at radius 1 is 1.26 bits per heavy atom. The van der Waals surface area contributed by atoms with E-state index in [1.807, 2.05) is 5.38 Å². The molecule has 0 bridgehead atoms. The molecule has 3 nitrogen and oxygen atoms in total. The fourth-order valence-corrected chi connectivity index (χ4v) is 3.34. The van der Waals surface area contributed by atoms with Gasteiger partial charge in [-0.3, -0.25) is 4.79 Å². The van der Waals surface area contributed by atoms with Gasteiger partial charge >= 0.3 is 5.97 Å². The van der Waals surface area contributed by atoms with E-state index in [-0.39, 0.29) is 6.42 Å². The maximum absolute atomic E-state index is 10.7. The molecule has 0 saturated heterocycles. The molecule has 1 heterocycles. The maximum Gasteiger partial charge on any atom is 0.310 e. The van der Waals surface area contributed by atoms with E-state index in [0.717, 1.165) is 17.7 Å². The van der Waals surface area contributed by atoms with Crippen molar-refractivity contribution < 1.29 is 9.90 Å². The lowest BCUT2D eigenvalue weighted by molar-refractivity contribution is -0.136. The van der Waals surface area contributed by atoms with Gasteiger partial charge in [0.1, 0.15) is 5.01 Å². The molecule has 98 valence electrons. The molecule has 1 aromatic heterocycles. The topological polar surface area (TPSA) is 50.2 Å². The largest absolute Gasteiger partial charge is 0.481 e. The number of nitrogens with zero attached hydrogens (tertiary/aromatic N) is 1. The number of carboxylic acids is 1. The molecule has 0 fully saturated rings. The molecule has 4 heteroatoms. The van der Waals surface area contributed by atoms with E-state index < -0.39 is 5.97 Å². The SMILES string of the molecule is O=C(O)Cc1nc(-c2ccc3c(c2)CCCC3)cs1. The predicted octanol–water partition coefficient (Wildman–Crippen LogP) is 3.32. The Morgan fingerprint density at radius 3 is 2.84 bits per heavy atom. The van der Waals surface area contributed by atoms with E-state index in [1.165, 1.54) is 41.7 Å². The number of rotatable bonds is 3. The van der Waals surface area contributed by atoms with Gasteiger partial charge in [0.05, 0.1) is 12.1 Å². The molecule has 0 atom stereocenters. The van der Waals surface area contributed by atoms with Gasteiger partial charge in [-0.25, -0.2) is 4.98 Å². The Bertz CT molecular complexity index is 618.